The van der Waals surface area contributed by atoms with Crippen molar-refractivity contribution in [3.63, 3.8) is 0 Å². The number of benzene rings is 1. The van der Waals surface area contributed by atoms with Gasteiger partial charge in [0, 0.05) is 29.5 Å². The Morgan fingerprint density at radius 2 is 2.12 bits per heavy atom. The second-order valence-electron chi connectivity index (χ2n) is 6.47. The van der Waals surface area contributed by atoms with Crippen molar-refractivity contribution in [3.05, 3.63) is 53.1 Å². The van der Waals surface area contributed by atoms with Crippen molar-refractivity contribution in [2.45, 2.75) is 37.7 Å². The monoisotopic (exact) mass is 387 g/mol. The van der Waals surface area contributed by atoms with Gasteiger partial charge in [-0.1, -0.05) is 11.6 Å². The van der Waals surface area contributed by atoms with Gasteiger partial charge in [0.15, 0.2) is 0 Å². The molecule has 3 rings (SSSR count). The highest BCUT2D eigenvalue weighted by molar-refractivity contribution is 6.31. The predicted octanol–water partition coefficient (Wildman–Crippen LogP) is 3.12. The number of hydrogen-bond acceptors (Lipinski definition) is 3. The van der Waals surface area contributed by atoms with Crippen molar-refractivity contribution in [1.29, 1.82) is 0 Å². The molecule has 1 amide bonds. The first kappa shape index (κ1) is 18.7. The molecule has 1 aromatic heterocycles. The Kier molecular flexibility index (Phi) is 5.24. The molecule has 140 valence electrons. The number of carbonyl (C=O) groups is 1. The van der Waals surface area contributed by atoms with Crippen LogP contribution in [0.2, 0.25) is 5.02 Å². The summed E-state index contributed by atoms with van der Waals surface area (Å²) in [6, 6.07) is 2.18. The van der Waals surface area contributed by atoms with Gasteiger partial charge >= 0.3 is 6.18 Å². The lowest BCUT2D eigenvalue weighted by atomic mass is 10.1. The number of nitrogens with zero attached hydrogens (tertiary/aromatic N) is 2. The van der Waals surface area contributed by atoms with Gasteiger partial charge in [-0.2, -0.15) is 13.2 Å². The highest BCUT2D eigenvalue weighted by Crippen LogP contribution is 2.32. The number of aliphatic hydroxyl groups is 1. The second-order valence-corrected chi connectivity index (χ2v) is 6.91. The Balaban J connectivity index is 1.67. The Labute approximate surface area is 152 Å². The zero-order valence-corrected chi connectivity index (χ0v) is 14.3. The van der Waals surface area contributed by atoms with Crippen molar-refractivity contribution in [1.82, 2.24) is 14.9 Å². The summed E-state index contributed by atoms with van der Waals surface area (Å²) in [5.74, 6) is -0.556. The van der Waals surface area contributed by atoms with E-state index in [0.717, 1.165) is 12.1 Å². The van der Waals surface area contributed by atoms with Crippen LogP contribution < -0.4 is 5.32 Å². The molecule has 5 nitrogen and oxygen atoms in total. The van der Waals surface area contributed by atoms with Crippen molar-refractivity contribution in [2.75, 3.05) is 0 Å². The fourth-order valence-corrected chi connectivity index (χ4v) is 3.49. The smallest absolute Gasteiger partial charge is 0.391 e. The third-order valence-corrected chi connectivity index (χ3v) is 4.68. The summed E-state index contributed by atoms with van der Waals surface area (Å²) in [7, 11) is 0. The normalized spacial score (nSPS) is 23.2. The molecule has 3 atom stereocenters. The molecular formula is C17H17ClF3N3O2. The van der Waals surface area contributed by atoms with E-state index in [4.69, 9.17) is 11.6 Å². The van der Waals surface area contributed by atoms with Crippen molar-refractivity contribution < 1.29 is 23.1 Å². The summed E-state index contributed by atoms with van der Waals surface area (Å²) in [5.41, 5.74) is -1.17. The Morgan fingerprint density at radius 1 is 1.35 bits per heavy atom. The summed E-state index contributed by atoms with van der Waals surface area (Å²) in [6.07, 6.45) is 0.801. The summed E-state index contributed by atoms with van der Waals surface area (Å²) in [5, 5.41) is 12.6. The predicted molar refractivity (Wildman–Crippen MR) is 88.7 cm³/mol. The lowest BCUT2D eigenvalue weighted by Gasteiger charge is -2.17. The van der Waals surface area contributed by atoms with Crippen LogP contribution in [-0.4, -0.2) is 32.7 Å². The van der Waals surface area contributed by atoms with Crippen LogP contribution >= 0.6 is 11.6 Å². The Morgan fingerprint density at radius 3 is 2.77 bits per heavy atom. The Bertz CT molecular complexity index is 780. The van der Waals surface area contributed by atoms with E-state index in [1.54, 1.807) is 12.5 Å². The number of aliphatic hydroxyl groups excluding tert-OH is 1. The number of rotatable bonds is 4. The number of hydrogen-bond donors (Lipinski definition) is 2. The average molecular weight is 388 g/mol. The van der Waals surface area contributed by atoms with Gasteiger partial charge in [-0.25, -0.2) is 4.98 Å². The lowest BCUT2D eigenvalue weighted by molar-refractivity contribution is -0.137. The highest BCUT2D eigenvalue weighted by Gasteiger charge is 2.35. The van der Waals surface area contributed by atoms with E-state index in [0.29, 0.717) is 19.4 Å². The maximum absolute atomic E-state index is 12.9. The average Bonchev–Trinajstić information content (AvgIpc) is 3.16. The molecule has 2 aromatic rings. The lowest BCUT2D eigenvalue weighted by Crippen LogP contribution is -2.40. The standard InChI is InChI=1S/C17H17ClF3N3O2/c18-13-6-11(5-12(7-13)17(19,20)21)16(26)23-14-3-10(4-15(14)25)8-24-2-1-22-9-24/h1-2,5-7,9-10,14-15,25H,3-4,8H2,(H,23,26)/t10?,14-,15-/m1/s1. The minimum atomic E-state index is -4.59. The molecule has 1 saturated carbocycles. The molecule has 1 aliphatic rings. The van der Waals surface area contributed by atoms with Gasteiger partial charge in [-0.05, 0) is 37.0 Å². The molecule has 1 fully saturated rings. The van der Waals surface area contributed by atoms with Crippen LogP contribution in [0.3, 0.4) is 0 Å². The van der Waals surface area contributed by atoms with E-state index < -0.39 is 29.8 Å². The van der Waals surface area contributed by atoms with Gasteiger partial charge in [0.2, 0.25) is 0 Å². The zero-order chi connectivity index (χ0) is 18.9. The number of aromatic nitrogens is 2. The minimum Gasteiger partial charge on any atom is -0.391 e. The van der Waals surface area contributed by atoms with E-state index >= 15 is 0 Å². The van der Waals surface area contributed by atoms with Gasteiger partial charge in [0.25, 0.3) is 5.91 Å². The van der Waals surface area contributed by atoms with Crippen LogP contribution in [0, 0.1) is 5.92 Å². The highest BCUT2D eigenvalue weighted by atomic mass is 35.5. The van der Waals surface area contributed by atoms with E-state index in [9.17, 15) is 23.1 Å². The molecule has 1 aliphatic carbocycles. The Hall–Kier alpha value is -2.06. The molecule has 0 aliphatic heterocycles. The molecule has 0 spiro atoms. The second kappa shape index (κ2) is 7.28. The van der Waals surface area contributed by atoms with Crippen molar-refractivity contribution in [2.24, 2.45) is 5.92 Å². The van der Waals surface area contributed by atoms with Crippen LogP contribution in [0.5, 0.6) is 0 Å². The molecule has 0 bridgehead atoms. The van der Waals surface area contributed by atoms with Crippen molar-refractivity contribution >= 4 is 17.5 Å². The van der Waals surface area contributed by atoms with E-state index in [1.165, 1.54) is 6.07 Å². The fourth-order valence-electron chi connectivity index (χ4n) is 3.25. The summed E-state index contributed by atoms with van der Waals surface area (Å²) >= 11 is 5.71. The topological polar surface area (TPSA) is 67.2 Å². The SMILES string of the molecule is O=C(N[C@@H]1CC(Cn2ccnc2)C[C@H]1O)c1cc(Cl)cc(C(F)(F)F)c1. The first-order valence-electron chi connectivity index (χ1n) is 8.05. The fraction of sp³-hybridized carbons (Fsp3) is 0.412. The van der Waals surface area contributed by atoms with Crippen LogP contribution in [0.25, 0.3) is 0 Å². The van der Waals surface area contributed by atoms with Crippen LogP contribution in [0.15, 0.2) is 36.9 Å². The molecular weight excluding hydrogens is 371 g/mol. The quantitative estimate of drug-likeness (QED) is 0.847. The minimum absolute atomic E-state index is 0.134. The number of imidazole rings is 1. The number of carbonyl (C=O) groups excluding carboxylic acids is 1. The first-order valence-corrected chi connectivity index (χ1v) is 8.42. The number of alkyl halides is 3. The maximum atomic E-state index is 12.9. The molecule has 2 N–H and O–H groups in total. The number of halogens is 4. The molecule has 1 unspecified atom stereocenters. The third-order valence-electron chi connectivity index (χ3n) is 4.46. The summed E-state index contributed by atoms with van der Waals surface area (Å²) in [4.78, 5) is 16.3. The van der Waals surface area contributed by atoms with Gasteiger partial charge in [0.05, 0.1) is 24.0 Å². The molecule has 0 saturated heterocycles. The summed E-state index contributed by atoms with van der Waals surface area (Å²) in [6.45, 7) is 0.652. The van der Waals surface area contributed by atoms with Gasteiger partial charge in [0.1, 0.15) is 0 Å². The molecule has 9 heteroatoms. The van der Waals surface area contributed by atoms with Crippen LogP contribution in [0.4, 0.5) is 13.2 Å². The van der Waals surface area contributed by atoms with Gasteiger partial charge < -0.3 is 15.0 Å². The van der Waals surface area contributed by atoms with Crippen molar-refractivity contribution in [3.8, 4) is 0 Å². The summed E-state index contributed by atoms with van der Waals surface area (Å²) < 4.78 is 40.5. The van der Waals surface area contributed by atoms with Crippen LogP contribution in [-0.2, 0) is 12.7 Å². The first-order chi connectivity index (χ1) is 12.2. The van der Waals surface area contributed by atoms with Gasteiger partial charge in [-0.15, -0.1) is 0 Å². The van der Waals surface area contributed by atoms with Gasteiger partial charge in [-0.3, -0.25) is 4.79 Å². The van der Waals surface area contributed by atoms with Crippen LogP contribution in [0.1, 0.15) is 28.8 Å². The third kappa shape index (κ3) is 4.37. The zero-order valence-electron chi connectivity index (χ0n) is 13.6. The molecule has 26 heavy (non-hydrogen) atoms. The van der Waals surface area contributed by atoms with E-state index in [2.05, 4.69) is 10.3 Å². The number of amides is 1. The van der Waals surface area contributed by atoms with E-state index in [1.807, 2.05) is 10.8 Å². The molecule has 1 aromatic carbocycles. The molecule has 1 heterocycles. The molecule has 0 radical (unpaired) electrons. The van der Waals surface area contributed by atoms with E-state index in [-0.39, 0.29) is 16.5 Å². The maximum Gasteiger partial charge on any atom is 0.416 e. The number of nitrogens with one attached hydrogen (secondary N) is 1. The largest absolute Gasteiger partial charge is 0.416 e.